The maximum Gasteiger partial charge on any atom is 0.240 e. The molecule has 1 aromatic carbocycles. The van der Waals surface area contributed by atoms with E-state index >= 15 is 0 Å². The summed E-state index contributed by atoms with van der Waals surface area (Å²) in [5.74, 6) is 1.42. The van der Waals surface area contributed by atoms with E-state index in [1.807, 2.05) is 0 Å². The van der Waals surface area contributed by atoms with E-state index in [0.29, 0.717) is 11.7 Å². The van der Waals surface area contributed by atoms with Gasteiger partial charge in [-0.3, -0.25) is 0 Å². The maximum absolute atomic E-state index is 13.3. The molecule has 0 atom stereocenters. The summed E-state index contributed by atoms with van der Waals surface area (Å²) in [4.78, 5) is 10.9. The van der Waals surface area contributed by atoms with Crippen LogP contribution in [-0.4, -0.2) is 44.6 Å². The highest BCUT2D eigenvalue weighted by Gasteiger charge is 2.17. The molecule has 1 aliphatic rings. The number of aryl methyl sites for hydroxylation is 2. The van der Waals surface area contributed by atoms with Crippen LogP contribution in [0.4, 0.5) is 10.2 Å². The highest BCUT2D eigenvalue weighted by molar-refractivity contribution is 7.89. The van der Waals surface area contributed by atoms with Crippen LogP contribution in [0.3, 0.4) is 0 Å². The lowest BCUT2D eigenvalue weighted by Crippen LogP contribution is -2.28. The molecule has 0 aliphatic carbocycles. The van der Waals surface area contributed by atoms with Crippen molar-refractivity contribution >= 4 is 15.8 Å². The Labute approximate surface area is 158 Å². The van der Waals surface area contributed by atoms with Crippen molar-refractivity contribution in [3.05, 3.63) is 41.5 Å². The number of nitrogens with zero attached hydrogens (tertiary/aromatic N) is 3. The highest BCUT2D eigenvalue weighted by atomic mass is 32.2. The van der Waals surface area contributed by atoms with Crippen LogP contribution in [0.1, 0.15) is 24.2 Å². The van der Waals surface area contributed by atoms with Crippen LogP contribution in [-0.2, 0) is 10.0 Å². The Morgan fingerprint density at radius 2 is 1.93 bits per heavy atom. The molecule has 0 amide bonds. The zero-order chi connectivity index (χ0) is 19.4. The first-order chi connectivity index (χ1) is 12.8. The number of hydrogen-bond donors (Lipinski definition) is 1. The van der Waals surface area contributed by atoms with Gasteiger partial charge in [-0.05, 0) is 50.5 Å². The van der Waals surface area contributed by atoms with Crippen molar-refractivity contribution in [1.29, 1.82) is 0 Å². The van der Waals surface area contributed by atoms with E-state index in [-0.39, 0.29) is 23.6 Å². The van der Waals surface area contributed by atoms with Gasteiger partial charge in [0.1, 0.15) is 24.1 Å². The van der Waals surface area contributed by atoms with Gasteiger partial charge in [0, 0.05) is 25.7 Å². The third-order valence-corrected chi connectivity index (χ3v) is 5.77. The van der Waals surface area contributed by atoms with Crippen molar-refractivity contribution in [2.24, 2.45) is 0 Å². The fraction of sp³-hybridized carbons (Fsp3) is 0.444. The van der Waals surface area contributed by atoms with E-state index < -0.39 is 15.8 Å². The molecule has 2 heterocycles. The van der Waals surface area contributed by atoms with Gasteiger partial charge in [0.15, 0.2) is 0 Å². The molecule has 7 nitrogen and oxygen atoms in total. The van der Waals surface area contributed by atoms with Crippen LogP contribution in [0, 0.1) is 19.7 Å². The monoisotopic (exact) mass is 394 g/mol. The third-order valence-electron chi connectivity index (χ3n) is 4.31. The number of ether oxygens (including phenoxy) is 1. The summed E-state index contributed by atoms with van der Waals surface area (Å²) in [5, 5.41) is 0. The molecule has 3 rings (SSSR count). The number of hydrogen-bond acceptors (Lipinski definition) is 6. The van der Waals surface area contributed by atoms with Crippen LogP contribution in [0.2, 0.25) is 0 Å². The zero-order valence-corrected chi connectivity index (χ0v) is 16.2. The minimum Gasteiger partial charge on any atom is -0.476 e. The fourth-order valence-electron chi connectivity index (χ4n) is 2.91. The van der Waals surface area contributed by atoms with Crippen molar-refractivity contribution in [1.82, 2.24) is 14.7 Å². The predicted octanol–water partition coefficient (Wildman–Crippen LogP) is 2.19. The number of benzene rings is 1. The molecule has 0 spiro atoms. The summed E-state index contributed by atoms with van der Waals surface area (Å²) < 4.78 is 45.9. The lowest BCUT2D eigenvalue weighted by Gasteiger charge is -2.17. The Morgan fingerprint density at radius 1 is 1.19 bits per heavy atom. The fourth-order valence-corrected chi connectivity index (χ4v) is 4.00. The van der Waals surface area contributed by atoms with Crippen LogP contribution < -0.4 is 14.4 Å². The Hall–Kier alpha value is -2.26. The van der Waals surface area contributed by atoms with Crippen LogP contribution in [0.15, 0.2) is 29.2 Å². The SMILES string of the molecule is Cc1nc(OCCNS(=O)(=O)c2ccc(F)c(C)c2)cc(N2CCCC2)n1. The average Bonchev–Trinajstić information content (AvgIpc) is 3.15. The van der Waals surface area contributed by atoms with Crippen molar-refractivity contribution < 1.29 is 17.5 Å². The molecule has 0 saturated carbocycles. The smallest absolute Gasteiger partial charge is 0.240 e. The highest BCUT2D eigenvalue weighted by Crippen LogP contribution is 2.21. The molecule has 0 radical (unpaired) electrons. The number of nitrogens with one attached hydrogen (secondary N) is 1. The molecule has 1 aromatic heterocycles. The molecule has 9 heteroatoms. The zero-order valence-electron chi connectivity index (χ0n) is 15.4. The average molecular weight is 394 g/mol. The normalized spacial score (nSPS) is 14.6. The number of aromatic nitrogens is 2. The Kier molecular flexibility index (Phi) is 5.91. The van der Waals surface area contributed by atoms with Gasteiger partial charge in [0.25, 0.3) is 0 Å². The maximum atomic E-state index is 13.3. The topological polar surface area (TPSA) is 84.4 Å². The second-order valence-corrected chi connectivity index (χ2v) is 8.23. The van der Waals surface area contributed by atoms with Crippen LogP contribution in [0.25, 0.3) is 0 Å². The van der Waals surface area contributed by atoms with Crippen LogP contribution >= 0.6 is 0 Å². The van der Waals surface area contributed by atoms with Gasteiger partial charge in [-0.1, -0.05) is 0 Å². The van der Waals surface area contributed by atoms with E-state index in [0.717, 1.165) is 37.8 Å². The van der Waals surface area contributed by atoms with Crippen molar-refractivity contribution in [2.75, 3.05) is 31.1 Å². The first-order valence-electron chi connectivity index (χ1n) is 8.84. The first-order valence-corrected chi connectivity index (χ1v) is 10.3. The minimum atomic E-state index is -3.72. The molecule has 0 bridgehead atoms. The molecular weight excluding hydrogens is 371 g/mol. The summed E-state index contributed by atoms with van der Waals surface area (Å²) in [6.45, 7) is 5.44. The summed E-state index contributed by atoms with van der Waals surface area (Å²) >= 11 is 0. The van der Waals surface area contributed by atoms with Gasteiger partial charge in [0.2, 0.25) is 15.9 Å². The summed E-state index contributed by atoms with van der Waals surface area (Å²) in [7, 11) is -3.72. The molecule has 27 heavy (non-hydrogen) atoms. The molecule has 1 fully saturated rings. The number of sulfonamides is 1. The number of rotatable bonds is 7. The van der Waals surface area contributed by atoms with Gasteiger partial charge in [-0.2, -0.15) is 4.98 Å². The second kappa shape index (κ2) is 8.18. The van der Waals surface area contributed by atoms with Gasteiger partial charge in [0.05, 0.1) is 4.90 Å². The van der Waals surface area contributed by atoms with Gasteiger partial charge >= 0.3 is 0 Å². The van der Waals surface area contributed by atoms with E-state index in [9.17, 15) is 12.8 Å². The minimum absolute atomic E-state index is 0.0237. The molecular formula is C18H23FN4O3S. The molecule has 1 saturated heterocycles. The molecule has 1 N–H and O–H groups in total. The predicted molar refractivity (Wildman–Crippen MR) is 100 cm³/mol. The molecule has 2 aromatic rings. The Bertz CT molecular complexity index is 915. The summed E-state index contributed by atoms with van der Waals surface area (Å²) in [6, 6.07) is 5.45. The van der Waals surface area contributed by atoms with Crippen molar-refractivity contribution in [3.8, 4) is 5.88 Å². The second-order valence-electron chi connectivity index (χ2n) is 6.46. The van der Waals surface area contributed by atoms with E-state index in [1.54, 1.807) is 13.0 Å². The third kappa shape index (κ3) is 4.92. The van der Waals surface area contributed by atoms with Crippen LogP contribution in [0.5, 0.6) is 5.88 Å². The lowest BCUT2D eigenvalue weighted by atomic mass is 10.2. The quantitative estimate of drug-likeness (QED) is 0.725. The lowest BCUT2D eigenvalue weighted by molar-refractivity contribution is 0.309. The largest absolute Gasteiger partial charge is 0.476 e. The molecule has 1 aliphatic heterocycles. The van der Waals surface area contributed by atoms with Crippen molar-refractivity contribution in [3.63, 3.8) is 0 Å². The van der Waals surface area contributed by atoms with Gasteiger partial charge < -0.3 is 9.64 Å². The van der Waals surface area contributed by atoms with Gasteiger partial charge in [-0.25, -0.2) is 22.5 Å². The van der Waals surface area contributed by atoms with E-state index in [4.69, 9.17) is 4.74 Å². The summed E-state index contributed by atoms with van der Waals surface area (Å²) in [5.41, 5.74) is 0.278. The van der Waals surface area contributed by atoms with Crippen molar-refractivity contribution in [2.45, 2.75) is 31.6 Å². The molecule has 0 unspecified atom stereocenters. The number of anilines is 1. The van der Waals surface area contributed by atoms with E-state index in [1.165, 1.54) is 19.1 Å². The number of halogens is 1. The molecule has 146 valence electrons. The Balaban J connectivity index is 1.57. The standard InChI is InChI=1S/C18H23FN4O3S/c1-13-11-15(5-6-16(13)19)27(24,25)20-7-10-26-18-12-17(21-14(2)22-18)23-8-3-4-9-23/h5-6,11-12,20H,3-4,7-10H2,1-2H3. The summed E-state index contributed by atoms with van der Waals surface area (Å²) in [6.07, 6.45) is 2.29. The van der Waals surface area contributed by atoms with E-state index in [2.05, 4.69) is 19.6 Å². The Morgan fingerprint density at radius 3 is 2.63 bits per heavy atom. The van der Waals surface area contributed by atoms with Gasteiger partial charge in [-0.15, -0.1) is 0 Å². The first kappa shape index (κ1) is 19.5.